The molecule has 0 amide bonds. The van der Waals surface area contributed by atoms with Crippen LogP contribution in [0.3, 0.4) is 0 Å². The summed E-state index contributed by atoms with van der Waals surface area (Å²) in [5, 5.41) is 2.16. The topological polar surface area (TPSA) is 26.3 Å². The second-order valence-corrected chi connectivity index (χ2v) is 4.16. The molecule has 3 heteroatoms. The van der Waals surface area contributed by atoms with Crippen molar-refractivity contribution < 1.29 is 9.53 Å². The Morgan fingerprint density at radius 1 is 1.13 bits per heavy atom. The number of fused-ring (bicyclic) bond motifs is 1. The number of halogens is 1. The second kappa shape index (κ2) is 4.03. The summed E-state index contributed by atoms with van der Waals surface area (Å²) < 4.78 is 6.04. The molecule has 0 atom stereocenters. The number of carbonyl (C=O) groups is 1. The van der Waals surface area contributed by atoms with E-state index in [4.69, 9.17) is 4.74 Å². The van der Waals surface area contributed by atoms with Crippen molar-refractivity contribution in [2.45, 2.75) is 6.92 Å². The summed E-state index contributed by atoms with van der Waals surface area (Å²) in [6, 6.07) is 11.5. The quantitative estimate of drug-likeness (QED) is 0.582. The first-order chi connectivity index (χ1) is 7.15. The van der Waals surface area contributed by atoms with Gasteiger partial charge < -0.3 is 4.74 Å². The van der Waals surface area contributed by atoms with Crippen LogP contribution in [-0.2, 0) is 4.79 Å². The Hall–Kier alpha value is -1.35. The van der Waals surface area contributed by atoms with Crippen molar-refractivity contribution in [1.29, 1.82) is 0 Å². The molecular weight excluding hydrogens is 256 g/mol. The molecule has 2 nitrogen and oxygen atoms in total. The lowest BCUT2D eigenvalue weighted by atomic mass is 10.1. The van der Waals surface area contributed by atoms with E-state index in [0.29, 0.717) is 5.75 Å². The Balaban J connectivity index is 2.47. The van der Waals surface area contributed by atoms with E-state index in [1.54, 1.807) is 6.07 Å². The van der Waals surface area contributed by atoms with Crippen molar-refractivity contribution >= 4 is 32.7 Å². The molecule has 0 fully saturated rings. The predicted molar refractivity (Wildman–Crippen MR) is 63.0 cm³/mol. The van der Waals surface area contributed by atoms with Gasteiger partial charge in [0.2, 0.25) is 0 Å². The van der Waals surface area contributed by atoms with Crippen molar-refractivity contribution in [1.82, 2.24) is 0 Å². The molecule has 0 aliphatic rings. The van der Waals surface area contributed by atoms with Crippen molar-refractivity contribution in [3.8, 4) is 5.75 Å². The van der Waals surface area contributed by atoms with Crippen molar-refractivity contribution in [3.63, 3.8) is 0 Å². The number of benzene rings is 2. The third kappa shape index (κ3) is 2.36. The van der Waals surface area contributed by atoms with E-state index in [0.717, 1.165) is 15.2 Å². The van der Waals surface area contributed by atoms with Gasteiger partial charge in [-0.05, 0) is 35.0 Å². The van der Waals surface area contributed by atoms with Crippen LogP contribution in [0.5, 0.6) is 5.75 Å². The van der Waals surface area contributed by atoms with Crippen LogP contribution in [0.15, 0.2) is 40.9 Å². The molecule has 0 unspecified atom stereocenters. The Kier molecular flexibility index (Phi) is 2.73. The molecule has 0 aliphatic carbocycles. The second-order valence-electron chi connectivity index (χ2n) is 3.25. The molecule has 0 heterocycles. The molecule has 0 radical (unpaired) electrons. The van der Waals surface area contributed by atoms with Crippen LogP contribution in [0.4, 0.5) is 0 Å². The van der Waals surface area contributed by atoms with Gasteiger partial charge in [-0.3, -0.25) is 4.79 Å². The highest BCUT2D eigenvalue weighted by atomic mass is 79.9. The van der Waals surface area contributed by atoms with Crippen molar-refractivity contribution in [2.75, 3.05) is 0 Å². The van der Waals surface area contributed by atoms with E-state index < -0.39 is 0 Å². The maximum absolute atomic E-state index is 10.8. The van der Waals surface area contributed by atoms with Crippen LogP contribution in [0, 0.1) is 0 Å². The van der Waals surface area contributed by atoms with Gasteiger partial charge in [0, 0.05) is 11.4 Å². The summed E-state index contributed by atoms with van der Waals surface area (Å²) in [4.78, 5) is 10.8. The molecule has 76 valence electrons. The highest BCUT2D eigenvalue weighted by molar-refractivity contribution is 9.10. The zero-order valence-corrected chi connectivity index (χ0v) is 9.74. The molecule has 0 saturated carbocycles. The standard InChI is InChI=1S/C12H9BrO2/c1-8(14)15-12-5-3-9-6-11(13)4-2-10(9)7-12/h2-7H,1H3. The Labute approximate surface area is 96.0 Å². The zero-order valence-electron chi connectivity index (χ0n) is 8.16. The van der Waals surface area contributed by atoms with Gasteiger partial charge in [-0.25, -0.2) is 0 Å². The van der Waals surface area contributed by atoms with Crippen molar-refractivity contribution in [3.05, 3.63) is 40.9 Å². The molecule has 0 N–H and O–H groups in total. The lowest BCUT2D eigenvalue weighted by Gasteiger charge is -2.03. The van der Waals surface area contributed by atoms with Gasteiger partial charge >= 0.3 is 5.97 Å². The predicted octanol–water partition coefficient (Wildman–Crippen LogP) is 3.53. The van der Waals surface area contributed by atoms with E-state index in [2.05, 4.69) is 15.9 Å². The SMILES string of the molecule is CC(=O)Oc1ccc2cc(Br)ccc2c1. The van der Waals surface area contributed by atoms with E-state index in [1.165, 1.54) is 6.92 Å². The average molecular weight is 265 g/mol. The van der Waals surface area contributed by atoms with Crippen LogP contribution < -0.4 is 4.74 Å². The number of ether oxygens (including phenoxy) is 1. The first-order valence-corrected chi connectivity index (χ1v) is 5.32. The van der Waals surface area contributed by atoms with Gasteiger partial charge in [-0.2, -0.15) is 0 Å². The van der Waals surface area contributed by atoms with Crippen LogP contribution in [-0.4, -0.2) is 5.97 Å². The minimum atomic E-state index is -0.300. The van der Waals surface area contributed by atoms with Crippen molar-refractivity contribution in [2.24, 2.45) is 0 Å². The smallest absolute Gasteiger partial charge is 0.308 e. The number of rotatable bonds is 1. The van der Waals surface area contributed by atoms with Gasteiger partial charge in [0.25, 0.3) is 0 Å². The van der Waals surface area contributed by atoms with Gasteiger partial charge in [0.1, 0.15) is 5.75 Å². The average Bonchev–Trinajstić information content (AvgIpc) is 2.17. The minimum Gasteiger partial charge on any atom is -0.427 e. The summed E-state index contributed by atoms with van der Waals surface area (Å²) in [6.45, 7) is 1.39. The van der Waals surface area contributed by atoms with Crippen LogP contribution in [0.2, 0.25) is 0 Å². The fraction of sp³-hybridized carbons (Fsp3) is 0.0833. The minimum absolute atomic E-state index is 0.300. The third-order valence-electron chi connectivity index (χ3n) is 2.04. The molecule has 2 rings (SSSR count). The maximum atomic E-state index is 10.8. The summed E-state index contributed by atoms with van der Waals surface area (Å²) in [6.07, 6.45) is 0. The molecule has 0 spiro atoms. The van der Waals surface area contributed by atoms with E-state index >= 15 is 0 Å². The highest BCUT2D eigenvalue weighted by Gasteiger charge is 2.00. The maximum Gasteiger partial charge on any atom is 0.308 e. The molecule has 0 bridgehead atoms. The molecule has 0 aromatic heterocycles. The normalized spacial score (nSPS) is 10.3. The monoisotopic (exact) mass is 264 g/mol. The number of hydrogen-bond donors (Lipinski definition) is 0. The van der Waals surface area contributed by atoms with Crippen LogP contribution in [0.25, 0.3) is 10.8 Å². The largest absolute Gasteiger partial charge is 0.427 e. The van der Waals surface area contributed by atoms with Crippen LogP contribution in [0.1, 0.15) is 6.92 Å². The summed E-state index contributed by atoms with van der Waals surface area (Å²) in [5.74, 6) is 0.281. The molecule has 0 saturated heterocycles. The summed E-state index contributed by atoms with van der Waals surface area (Å²) in [5.41, 5.74) is 0. The van der Waals surface area contributed by atoms with Gasteiger partial charge in [-0.1, -0.05) is 28.1 Å². The molecule has 2 aromatic rings. The number of carbonyl (C=O) groups excluding carboxylic acids is 1. The Morgan fingerprint density at radius 3 is 2.53 bits per heavy atom. The fourth-order valence-corrected chi connectivity index (χ4v) is 1.80. The Bertz CT molecular complexity index is 520. The lowest BCUT2D eigenvalue weighted by molar-refractivity contribution is -0.131. The van der Waals surface area contributed by atoms with Crippen LogP contribution >= 0.6 is 15.9 Å². The van der Waals surface area contributed by atoms with E-state index in [1.807, 2.05) is 30.3 Å². The van der Waals surface area contributed by atoms with Gasteiger partial charge in [0.15, 0.2) is 0 Å². The summed E-state index contributed by atoms with van der Waals surface area (Å²) >= 11 is 3.41. The lowest BCUT2D eigenvalue weighted by Crippen LogP contribution is -2.00. The Morgan fingerprint density at radius 2 is 1.80 bits per heavy atom. The zero-order chi connectivity index (χ0) is 10.8. The first kappa shape index (κ1) is 10.2. The molecule has 15 heavy (non-hydrogen) atoms. The fourth-order valence-electron chi connectivity index (χ4n) is 1.42. The third-order valence-corrected chi connectivity index (χ3v) is 2.53. The number of hydrogen-bond acceptors (Lipinski definition) is 2. The van der Waals surface area contributed by atoms with E-state index in [9.17, 15) is 4.79 Å². The molecular formula is C12H9BrO2. The molecule has 2 aromatic carbocycles. The van der Waals surface area contributed by atoms with E-state index in [-0.39, 0.29) is 5.97 Å². The van der Waals surface area contributed by atoms with Gasteiger partial charge in [-0.15, -0.1) is 0 Å². The number of esters is 1. The first-order valence-electron chi connectivity index (χ1n) is 4.53. The summed E-state index contributed by atoms with van der Waals surface area (Å²) in [7, 11) is 0. The van der Waals surface area contributed by atoms with Gasteiger partial charge in [0.05, 0.1) is 0 Å². The molecule has 0 aliphatic heterocycles. The highest BCUT2D eigenvalue weighted by Crippen LogP contribution is 2.24.